The molecule has 0 spiro atoms. The molecule has 0 aliphatic heterocycles. The third kappa shape index (κ3) is 5.82. The maximum absolute atomic E-state index is 11.9. The molecule has 2 aromatic carbocycles. The molecule has 2 aromatic rings. The molecule has 0 saturated carbocycles. The van der Waals surface area contributed by atoms with E-state index in [1.54, 1.807) is 13.0 Å². The number of aryl methyl sites for hydroxylation is 1. The van der Waals surface area contributed by atoms with Crippen LogP contribution in [0.3, 0.4) is 0 Å². The molecule has 0 bridgehead atoms. The molecule has 7 nitrogen and oxygen atoms in total. The van der Waals surface area contributed by atoms with Gasteiger partial charge in [-0.05, 0) is 36.3 Å². The molecule has 1 N–H and O–H groups in total. The van der Waals surface area contributed by atoms with Crippen LogP contribution in [0.25, 0.3) is 6.08 Å². The van der Waals surface area contributed by atoms with E-state index in [1.807, 2.05) is 24.3 Å². The highest BCUT2D eigenvalue weighted by Crippen LogP contribution is 2.21. The first-order chi connectivity index (χ1) is 12.3. The summed E-state index contributed by atoms with van der Waals surface area (Å²) in [5.41, 5.74) is 1.61. The van der Waals surface area contributed by atoms with Crippen molar-refractivity contribution in [1.82, 2.24) is 0 Å². The van der Waals surface area contributed by atoms with Crippen molar-refractivity contribution in [2.24, 2.45) is 0 Å². The van der Waals surface area contributed by atoms with E-state index < -0.39 is 23.4 Å². The topological polar surface area (TPSA) is 98.5 Å². The minimum Gasteiger partial charge on any atom is -0.452 e. The monoisotopic (exact) mass is 418 g/mol. The van der Waals surface area contributed by atoms with Crippen molar-refractivity contribution in [3.8, 4) is 0 Å². The third-order valence-electron chi connectivity index (χ3n) is 3.31. The van der Waals surface area contributed by atoms with Gasteiger partial charge in [0.25, 0.3) is 11.6 Å². The van der Waals surface area contributed by atoms with Gasteiger partial charge < -0.3 is 10.1 Å². The molecule has 0 atom stereocenters. The number of ether oxygens (including phenoxy) is 1. The number of nitro groups is 1. The van der Waals surface area contributed by atoms with Crippen molar-refractivity contribution in [3.63, 3.8) is 0 Å². The van der Waals surface area contributed by atoms with Crippen LogP contribution in [-0.4, -0.2) is 23.4 Å². The first-order valence-electron chi connectivity index (χ1n) is 7.50. The maximum Gasteiger partial charge on any atom is 0.331 e. The second-order valence-electron chi connectivity index (χ2n) is 5.30. The largest absolute Gasteiger partial charge is 0.452 e. The van der Waals surface area contributed by atoms with Crippen molar-refractivity contribution < 1.29 is 19.2 Å². The van der Waals surface area contributed by atoms with E-state index in [9.17, 15) is 19.7 Å². The van der Waals surface area contributed by atoms with Crippen molar-refractivity contribution in [1.29, 1.82) is 0 Å². The number of non-ortho nitro benzene ring substituents is 1. The van der Waals surface area contributed by atoms with Crippen LogP contribution in [0.4, 0.5) is 11.4 Å². The number of nitro benzene ring substituents is 1. The highest BCUT2D eigenvalue weighted by Gasteiger charge is 2.12. The number of amides is 1. The van der Waals surface area contributed by atoms with Gasteiger partial charge in [-0.1, -0.05) is 34.1 Å². The van der Waals surface area contributed by atoms with E-state index >= 15 is 0 Å². The molecule has 0 unspecified atom stereocenters. The van der Waals surface area contributed by atoms with E-state index in [0.717, 1.165) is 10.0 Å². The number of carbonyl (C=O) groups is 2. The molecule has 0 aromatic heterocycles. The van der Waals surface area contributed by atoms with Gasteiger partial charge >= 0.3 is 5.97 Å². The summed E-state index contributed by atoms with van der Waals surface area (Å²) in [5, 5.41) is 13.3. The lowest BCUT2D eigenvalue weighted by molar-refractivity contribution is -0.384. The van der Waals surface area contributed by atoms with Crippen LogP contribution in [0.2, 0.25) is 0 Å². The summed E-state index contributed by atoms with van der Waals surface area (Å²) in [5.74, 6) is -1.26. The fraction of sp³-hybridized carbons (Fsp3) is 0.111. The predicted octanol–water partition coefficient (Wildman–Crippen LogP) is 3.86. The van der Waals surface area contributed by atoms with E-state index in [-0.39, 0.29) is 5.69 Å². The summed E-state index contributed by atoms with van der Waals surface area (Å²) in [6.07, 6.45) is 2.78. The summed E-state index contributed by atoms with van der Waals surface area (Å²) < 4.78 is 5.74. The number of esters is 1. The van der Waals surface area contributed by atoms with Crippen LogP contribution in [0.1, 0.15) is 11.1 Å². The standard InChI is InChI=1S/C18H15BrN2O5/c1-12-5-7-15(21(24)25)10-16(12)20-17(22)11-26-18(23)8-6-13-3-2-4-14(19)9-13/h2-10H,11H2,1H3,(H,20,22)/b8-6+. The maximum atomic E-state index is 11.9. The van der Waals surface area contributed by atoms with E-state index in [1.165, 1.54) is 24.3 Å². The molecular weight excluding hydrogens is 404 g/mol. The van der Waals surface area contributed by atoms with Crippen molar-refractivity contribution >= 4 is 45.3 Å². The van der Waals surface area contributed by atoms with Crippen LogP contribution < -0.4 is 5.32 Å². The number of hydrogen-bond donors (Lipinski definition) is 1. The fourth-order valence-electron chi connectivity index (χ4n) is 2.00. The average Bonchev–Trinajstić information content (AvgIpc) is 2.60. The number of carbonyl (C=O) groups excluding carboxylic acids is 2. The number of benzene rings is 2. The number of halogens is 1. The second-order valence-corrected chi connectivity index (χ2v) is 6.22. The summed E-state index contributed by atoms with van der Waals surface area (Å²) in [4.78, 5) is 33.8. The second kappa shape index (κ2) is 8.91. The molecule has 134 valence electrons. The minimum absolute atomic E-state index is 0.139. The molecular formula is C18H15BrN2O5. The highest BCUT2D eigenvalue weighted by atomic mass is 79.9. The van der Waals surface area contributed by atoms with Gasteiger partial charge in [0.05, 0.1) is 10.6 Å². The van der Waals surface area contributed by atoms with E-state index in [4.69, 9.17) is 4.74 Å². The lowest BCUT2D eigenvalue weighted by Gasteiger charge is -2.08. The van der Waals surface area contributed by atoms with Gasteiger partial charge in [-0.15, -0.1) is 0 Å². The van der Waals surface area contributed by atoms with Gasteiger partial charge in [-0.25, -0.2) is 4.79 Å². The Morgan fingerprint density at radius 1 is 1.27 bits per heavy atom. The zero-order valence-corrected chi connectivity index (χ0v) is 15.4. The first-order valence-corrected chi connectivity index (χ1v) is 8.30. The van der Waals surface area contributed by atoms with Gasteiger partial charge in [-0.2, -0.15) is 0 Å². The number of nitrogens with zero attached hydrogens (tertiary/aromatic N) is 1. The Balaban J connectivity index is 1.89. The zero-order chi connectivity index (χ0) is 19.1. The molecule has 0 radical (unpaired) electrons. The van der Waals surface area contributed by atoms with Gasteiger partial charge in [0.15, 0.2) is 6.61 Å². The Kier molecular flexibility index (Phi) is 6.62. The summed E-state index contributed by atoms with van der Waals surface area (Å²) in [6.45, 7) is 1.20. The molecule has 0 heterocycles. The molecule has 2 rings (SSSR count). The third-order valence-corrected chi connectivity index (χ3v) is 3.81. The van der Waals surface area contributed by atoms with Crippen LogP contribution in [0.5, 0.6) is 0 Å². The Morgan fingerprint density at radius 2 is 2.04 bits per heavy atom. The highest BCUT2D eigenvalue weighted by molar-refractivity contribution is 9.10. The quantitative estimate of drug-likeness (QED) is 0.332. The van der Waals surface area contributed by atoms with Gasteiger partial charge in [0, 0.05) is 22.7 Å². The molecule has 1 amide bonds. The smallest absolute Gasteiger partial charge is 0.331 e. The molecule has 0 aliphatic rings. The molecule has 0 fully saturated rings. The summed E-state index contributed by atoms with van der Waals surface area (Å²) in [7, 11) is 0. The van der Waals surface area contributed by atoms with Crippen LogP contribution in [0, 0.1) is 17.0 Å². The molecule has 26 heavy (non-hydrogen) atoms. The molecule has 0 saturated heterocycles. The van der Waals surface area contributed by atoms with Crippen molar-refractivity contribution in [3.05, 3.63) is 74.3 Å². The van der Waals surface area contributed by atoms with Gasteiger partial charge in [-0.3, -0.25) is 14.9 Å². The number of anilines is 1. The van der Waals surface area contributed by atoms with E-state index in [0.29, 0.717) is 11.3 Å². The Bertz CT molecular complexity index is 880. The normalized spacial score (nSPS) is 10.5. The van der Waals surface area contributed by atoms with Crippen molar-refractivity contribution in [2.75, 3.05) is 11.9 Å². The van der Waals surface area contributed by atoms with Crippen LogP contribution >= 0.6 is 15.9 Å². The summed E-state index contributed by atoms with van der Waals surface area (Å²) in [6, 6.07) is 11.4. The average molecular weight is 419 g/mol. The SMILES string of the molecule is Cc1ccc([N+](=O)[O-])cc1NC(=O)COC(=O)/C=C/c1cccc(Br)c1. The Morgan fingerprint density at radius 3 is 2.73 bits per heavy atom. The summed E-state index contributed by atoms with van der Waals surface area (Å²) >= 11 is 3.33. The first kappa shape index (κ1) is 19.3. The lowest BCUT2D eigenvalue weighted by Crippen LogP contribution is -2.20. The molecule has 0 aliphatic carbocycles. The Hall–Kier alpha value is -3.00. The zero-order valence-electron chi connectivity index (χ0n) is 13.8. The molecule has 8 heteroatoms. The van der Waals surface area contributed by atoms with Gasteiger partial charge in [0.1, 0.15) is 0 Å². The van der Waals surface area contributed by atoms with E-state index in [2.05, 4.69) is 21.2 Å². The van der Waals surface area contributed by atoms with Crippen LogP contribution in [-0.2, 0) is 14.3 Å². The van der Waals surface area contributed by atoms with Crippen LogP contribution in [0.15, 0.2) is 53.0 Å². The predicted molar refractivity (Wildman–Crippen MR) is 101 cm³/mol. The number of hydrogen-bond acceptors (Lipinski definition) is 5. The minimum atomic E-state index is -0.670. The number of nitrogens with one attached hydrogen (secondary N) is 1. The lowest BCUT2D eigenvalue weighted by atomic mass is 10.2. The number of rotatable bonds is 6. The van der Waals surface area contributed by atoms with Crippen molar-refractivity contribution in [2.45, 2.75) is 6.92 Å². The Labute approximate surface area is 157 Å². The van der Waals surface area contributed by atoms with Gasteiger partial charge in [0.2, 0.25) is 0 Å². The fourth-order valence-corrected chi connectivity index (χ4v) is 2.42.